The van der Waals surface area contributed by atoms with Gasteiger partial charge < -0.3 is 5.32 Å². The lowest BCUT2D eigenvalue weighted by molar-refractivity contribution is 0.661. The van der Waals surface area contributed by atoms with E-state index in [0.29, 0.717) is 6.04 Å². The van der Waals surface area contributed by atoms with Crippen LogP contribution in [0.15, 0.2) is 50.2 Å². The van der Waals surface area contributed by atoms with Crippen LogP contribution in [0, 0.1) is 0 Å². The molecular weight excluding hydrogens is 366 g/mol. The van der Waals surface area contributed by atoms with Gasteiger partial charge in [-0.25, -0.2) is 4.98 Å². The minimum absolute atomic E-state index is 0.706. The summed E-state index contributed by atoms with van der Waals surface area (Å²) < 4.78 is 3.31. The van der Waals surface area contributed by atoms with E-state index in [1.807, 2.05) is 6.07 Å². The third kappa shape index (κ3) is 3.04. The van der Waals surface area contributed by atoms with Gasteiger partial charge in [0.1, 0.15) is 5.03 Å². The third-order valence-electron chi connectivity index (χ3n) is 3.47. The highest BCUT2D eigenvalue weighted by atomic mass is 79.9. The van der Waals surface area contributed by atoms with Gasteiger partial charge in [-0.1, -0.05) is 33.8 Å². The number of nitrogens with zero attached hydrogens (tertiary/aromatic N) is 2. The molecule has 0 spiro atoms. The van der Waals surface area contributed by atoms with Gasteiger partial charge in [0.05, 0.1) is 5.69 Å². The molecule has 1 fully saturated rings. The van der Waals surface area contributed by atoms with Gasteiger partial charge in [-0.05, 0) is 31.0 Å². The second-order valence-corrected chi connectivity index (χ2v) is 7.98. The fraction of sp³-hybridized carbons (Fsp3) is 0.267. The van der Waals surface area contributed by atoms with Crippen molar-refractivity contribution in [2.45, 2.75) is 35.3 Å². The van der Waals surface area contributed by atoms with Crippen LogP contribution in [0.5, 0.6) is 0 Å². The summed E-state index contributed by atoms with van der Waals surface area (Å²) in [6.45, 7) is 0.888. The SMILES string of the molecule is Brc1cccc(Sc2nc3sccn3c2CNC2CC2)c1. The van der Waals surface area contributed by atoms with Crippen molar-refractivity contribution in [2.75, 3.05) is 0 Å². The van der Waals surface area contributed by atoms with Crippen molar-refractivity contribution in [1.29, 1.82) is 0 Å². The molecule has 3 nitrogen and oxygen atoms in total. The fourth-order valence-electron chi connectivity index (χ4n) is 2.23. The summed E-state index contributed by atoms with van der Waals surface area (Å²) in [7, 11) is 0. The normalized spacial score (nSPS) is 14.9. The molecule has 0 unspecified atom stereocenters. The van der Waals surface area contributed by atoms with Crippen LogP contribution < -0.4 is 5.32 Å². The monoisotopic (exact) mass is 379 g/mol. The molecule has 0 radical (unpaired) electrons. The van der Waals surface area contributed by atoms with E-state index < -0.39 is 0 Å². The number of benzene rings is 1. The predicted molar refractivity (Wildman–Crippen MR) is 91.2 cm³/mol. The number of nitrogens with one attached hydrogen (secondary N) is 1. The smallest absolute Gasteiger partial charge is 0.194 e. The number of aromatic nitrogens is 2. The Kier molecular flexibility index (Phi) is 3.79. The zero-order chi connectivity index (χ0) is 14.2. The molecule has 6 heteroatoms. The summed E-state index contributed by atoms with van der Waals surface area (Å²) in [6, 6.07) is 9.08. The van der Waals surface area contributed by atoms with Crippen molar-refractivity contribution >= 4 is 44.0 Å². The van der Waals surface area contributed by atoms with E-state index in [0.717, 1.165) is 21.0 Å². The quantitative estimate of drug-likeness (QED) is 0.704. The molecule has 21 heavy (non-hydrogen) atoms. The summed E-state index contributed by atoms with van der Waals surface area (Å²) in [5, 5.41) is 6.80. The second kappa shape index (κ2) is 5.76. The van der Waals surface area contributed by atoms with E-state index in [2.05, 4.69) is 55.4 Å². The Hall–Kier alpha value is -0.820. The Bertz CT molecular complexity index is 776. The van der Waals surface area contributed by atoms with Gasteiger partial charge in [-0.15, -0.1) is 11.3 Å². The topological polar surface area (TPSA) is 29.3 Å². The molecule has 1 aliphatic rings. The molecular formula is C15H14BrN3S2. The zero-order valence-corrected chi connectivity index (χ0v) is 14.5. The van der Waals surface area contributed by atoms with Crippen LogP contribution in [0.3, 0.4) is 0 Å². The molecule has 1 N–H and O–H groups in total. The van der Waals surface area contributed by atoms with Gasteiger partial charge in [0.2, 0.25) is 0 Å². The molecule has 0 bridgehead atoms. The number of halogens is 1. The van der Waals surface area contributed by atoms with Crippen LogP contribution in [-0.4, -0.2) is 15.4 Å². The Morgan fingerprint density at radius 1 is 1.43 bits per heavy atom. The lowest BCUT2D eigenvalue weighted by Crippen LogP contribution is -2.16. The fourth-order valence-corrected chi connectivity index (χ4v) is 4.54. The van der Waals surface area contributed by atoms with Crippen LogP contribution in [0.25, 0.3) is 4.96 Å². The van der Waals surface area contributed by atoms with Gasteiger partial charge in [0.15, 0.2) is 4.96 Å². The number of hydrogen-bond acceptors (Lipinski definition) is 4. The van der Waals surface area contributed by atoms with E-state index in [1.54, 1.807) is 23.1 Å². The Morgan fingerprint density at radius 3 is 3.14 bits per heavy atom. The third-order valence-corrected chi connectivity index (χ3v) is 5.73. The highest BCUT2D eigenvalue weighted by Crippen LogP contribution is 2.33. The molecule has 1 aliphatic carbocycles. The summed E-state index contributed by atoms with van der Waals surface area (Å²) in [4.78, 5) is 7.07. The predicted octanol–water partition coefficient (Wildman–Crippen LogP) is 4.56. The first kappa shape index (κ1) is 13.8. The lowest BCUT2D eigenvalue weighted by Gasteiger charge is -2.05. The molecule has 2 heterocycles. The molecule has 0 saturated heterocycles. The summed E-state index contributed by atoms with van der Waals surface area (Å²) >= 11 is 6.95. The van der Waals surface area contributed by atoms with Gasteiger partial charge >= 0.3 is 0 Å². The van der Waals surface area contributed by atoms with E-state index >= 15 is 0 Å². The molecule has 1 aromatic carbocycles. The van der Waals surface area contributed by atoms with Crippen molar-refractivity contribution in [3.8, 4) is 0 Å². The summed E-state index contributed by atoms with van der Waals surface area (Å²) in [5.74, 6) is 0. The first-order valence-electron chi connectivity index (χ1n) is 6.91. The van der Waals surface area contributed by atoms with Crippen molar-refractivity contribution in [3.05, 3.63) is 46.0 Å². The number of rotatable bonds is 5. The van der Waals surface area contributed by atoms with Gasteiger partial charge in [0.25, 0.3) is 0 Å². The van der Waals surface area contributed by atoms with E-state index in [1.165, 1.54) is 23.4 Å². The van der Waals surface area contributed by atoms with Crippen LogP contribution in [0.2, 0.25) is 0 Å². The van der Waals surface area contributed by atoms with Crippen molar-refractivity contribution < 1.29 is 0 Å². The molecule has 108 valence electrons. The molecule has 1 saturated carbocycles. The van der Waals surface area contributed by atoms with E-state index in [-0.39, 0.29) is 0 Å². The molecule has 0 aliphatic heterocycles. The molecule has 2 aromatic heterocycles. The van der Waals surface area contributed by atoms with Crippen LogP contribution in [-0.2, 0) is 6.54 Å². The number of fused-ring (bicyclic) bond motifs is 1. The molecule has 0 atom stereocenters. The highest BCUT2D eigenvalue weighted by molar-refractivity contribution is 9.10. The Labute approximate surface area is 139 Å². The van der Waals surface area contributed by atoms with Crippen LogP contribution in [0.1, 0.15) is 18.5 Å². The van der Waals surface area contributed by atoms with Crippen molar-refractivity contribution in [3.63, 3.8) is 0 Å². The maximum Gasteiger partial charge on any atom is 0.194 e. The standard InChI is InChI=1S/C15H14BrN3S2/c16-10-2-1-3-12(8-10)21-14-13(9-17-11-4-5-11)19-6-7-20-15(19)18-14/h1-3,6-8,11,17H,4-5,9H2. The number of thiazole rings is 1. The Morgan fingerprint density at radius 2 is 2.33 bits per heavy atom. The zero-order valence-electron chi connectivity index (χ0n) is 11.3. The summed E-state index contributed by atoms with van der Waals surface area (Å²) in [6.07, 6.45) is 4.72. The van der Waals surface area contributed by atoms with Crippen LogP contribution >= 0.6 is 39.0 Å². The van der Waals surface area contributed by atoms with E-state index in [9.17, 15) is 0 Å². The van der Waals surface area contributed by atoms with Crippen molar-refractivity contribution in [2.24, 2.45) is 0 Å². The minimum Gasteiger partial charge on any atom is -0.308 e. The lowest BCUT2D eigenvalue weighted by atomic mass is 10.4. The van der Waals surface area contributed by atoms with Gasteiger partial charge in [-0.2, -0.15) is 0 Å². The van der Waals surface area contributed by atoms with E-state index in [4.69, 9.17) is 4.98 Å². The number of imidazole rings is 1. The summed E-state index contributed by atoms with van der Waals surface area (Å²) in [5.41, 5.74) is 1.27. The van der Waals surface area contributed by atoms with Crippen molar-refractivity contribution in [1.82, 2.24) is 14.7 Å². The maximum absolute atomic E-state index is 4.79. The largest absolute Gasteiger partial charge is 0.308 e. The first-order valence-corrected chi connectivity index (χ1v) is 9.40. The maximum atomic E-state index is 4.79. The Balaban J connectivity index is 1.65. The van der Waals surface area contributed by atoms with Gasteiger partial charge in [0, 0.05) is 33.5 Å². The average molecular weight is 380 g/mol. The molecule has 3 aromatic rings. The molecule has 0 amide bonds. The highest BCUT2D eigenvalue weighted by Gasteiger charge is 2.22. The van der Waals surface area contributed by atoms with Gasteiger partial charge in [-0.3, -0.25) is 4.40 Å². The average Bonchev–Trinajstić information content (AvgIpc) is 3.08. The van der Waals surface area contributed by atoms with Crippen LogP contribution in [0.4, 0.5) is 0 Å². The first-order chi connectivity index (χ1) is 10.3. The number of hydrogen-bond donors (Lipinski definition) is 1. The minimum atomic E-state index is 0.706. The molecule has 4 rings (SSSR count). The second-order valence-electron chi connectivity index (χ2n) is 5.13.